The zero-order chi connectivity index (χ0) is 14.0. The first-order valence-electron chi connectivity index (χ1n) is 4.63. The normalized spacial score (nSPS) is 13.8. The summed E-state index contributed by atoms with van der Waals surface area (Å²) < 4.78 is 59.4. The molecule has 0 bridgehead atoms. The zero-order valence-electron chi connectivity index (χ0n) is 9.16. The van der Waals surface area contributed by atoms with Crippen LogP contribution in [0.15, 0.2) is 34.1 Å². The highest BCUT2D eigenvalue weighted by Crippen LogP contribution is 2.17. The summed E-state index contributed by atoms with van der Waals surface area (Å²) in [5, 5.41) is 8.50. The van der Waals surface area contributed by atoms with Gasteiger partial charge in [-0.15, -0.1) is 3.89 Å². The molecule has 0 saturated heterocycles. The summed E-state index contributed by atoms with van der Waals surface area (Å²) in [7, 11) is -9.03. The number of halogens is 1. The van der Waals surface area contributed by atoms with E-state index in [-0.39, 0.29) is 0 Å². The fraction of sp³-hybridized carbons (Fsp3) is 0.222. The Morgan fingerprint density at radius 1 is 1.28 bits per heavy atom. The van der Waals surface area contributed by atoms with Crippen molar-refractivity contribution in [3.8, 4) is 6.07 Å². The molecule has 1 rings (SSSR count). The molecule has 0 aliphatic carbocycles. The minimum Gasteiger partial charge on any atom is -0.207 e. The van der Waals surface area contributed by atoms with E-state index >= 15 is 0 Å². The molecule has 0 saturated carbocycles. The van der Waals surface area contributed by atoms with Gasteiger partial charge < -0.3 is 0 Å². The lowest BCUT2D eigenvalue weighted by Gasteiger charge is -2.08. The Morgan fingerprint density at radius 3 is 2.33 bits per heavy atom. The molecule has 1 aromatic carbocycles. The second-order valence-electron chi connectivity index (χ2n) is 3.38. The predicted octanol–water partition coefficient (Wildman–Crippen LogP) is 0.535. The van der Waals surface area contributed by atoms with Crippen LogP contribution in [0.2, 0.25) is 0 Å². The summed E-state index contributed by atoms with van der Waals surface area (Å²) in [5.41, 5.74) is 0. The largest absolute Gasteiger partial charge is 0.332 e. The first-order valence-corrected chi connectivity index (χ1v) is 7.50. The summed E-state index contributed by atoms with van der Waals surface area (Å²) >= 11 is 0. The number of sulfonamides is 1. The first-order chi connectivity index (χ1) is 8.16. The number of nitriles is 1. The average Bonchev–Trinajstić information content (AvgIpc) is 2.27. The van der Waals surface area contributed by atoms with Gasteiger partial charge in [0.2, 0.25) is 10.0 Å². The molecular formula is C9H9FN2O4S2. The van der Waals surface area contributed by atoms with Crippen molar-refractivity contribution in [3.05, 3.63) is 24.3 Å². The van der Waals surface area contributed by atoms with Crippen molar-refractivity contribution in [2.75, 3.05) is 0 Å². The maximum Gasteiger partial charge on any atom is 0.332 e. The molecule has 1 unspecified atom stereocenters. The van der Waals surface area contributed by atoms with Gasteiger partial charge >= 0.3 is 10.2 Å². The molecule has 6 nitrogen and oxygen atoms in total. The SMILES string of the molecule is CC(C#N)NS(=O)(=O)c1cccc(S(=O)(=O)F)c1. The highest BCUT2D eigenvalue weighted by atomic mass is 32.3. The molecule has 18 heavy (non-hydrogen) atoms. The van der Waals surface area contributed by atoms with Gasteiger partial charge in [-0.25, -0.2) is 8.42 Å². The highest BCUT2D eigenvalue weighted by Gasteiger charge is 2.20. The van der Waals surface area contributed by atoms with E-state index < -0.39 is 36.1 Å². The Bertz CT molecular complexity index is 692. The smallest absolute Gasteiger partial charge is 0.207 e. The van der Waals surface area contributed by atoms with Crippen LogP contribution in [0.4, 0.5) is 3.89 Å². The van der Waals surface area contributed by atoms with Gasteiger partial charge in [0, 0.05) is 0 Å². The van der Waals surface area contributed by atoms with Gasteiger partial charge in [-0.1, -0.05) is 6.07 Å². The second kappa shape index (κ2) is 5.01. The molecule has 0 aliphatic rings. The number of nitrogens with one attached hydrogen (secondary N) is 1. The van der Waals surface area contributed by atoms with Crippen molar-refractivity contribution in [2.45, 2.75) is 22.8 Å². The lowest BCUT2D eigenvalue weighted by molar-refractivity contribution is 0.551. The summed E-state index contributed by atoms with van der Waals surface area (Å²) in [5.74, 6) is 0. The van der Waals surface area contributed by atoms with Crippen molar-refractivity contribution in [2.24, 2.45) is 0 Å². The Morgan fingerprint density at radius 2 is 1.83 bits per heavy atom. The molecule has 98 valence electrons. The van der Waals surface area contributed by atoms with Crippen LogP contribution in [0.25, 0.3) is 0 Å². The van der Waals surface area contributed by atoms with E-state index in [2.05, 4.69) is 0 Å². The van der Waals surface area contributed by atoms with Gasteiger partial charge in [-0.3, -0.25) is 0 Å². The third-order valence-electron chi connectivity index (χ3n) is 1.92. The number of nitrogens with zero attached hydrogens (tertiary/aromatic N) is 1. The Balaban J connectivity index is 3.24. The molecule has 9 heteroatoms. The van der Waals surface area contributed by atoms with Crippen LogP contribution in [0.5, 0.6) is 0 Å². The third-order valence-corrected chi connectivity index (χ3v) is 4.28. The van der Waals surface area contributed by atoms with Gasteiger partial charge in [-0.05, 0) is 25.1 Å². The Hall–Kier alpha value is -1.50. The standard InChI is InChI=1S/C9H9FN2O4S2/c1-7(6-11)12-18(15,16)9-4-2-3-8(5-9)17(10,13)14/h2-5,7,12H,1H3. The van der Waals surface area contributed by atoms with Gasteiger partial charge in [0.15, 0.2) is 0 Å². The molecule has 0 amide bonds. The molecule has 1 atom stereocenters. The minimum atomic E-state index is -4.98. The van der Waals surface area contributed by atoms with Crippen LogP contribution < -0.4 is 4.72 Å². The van der Waals surface area contributed by atoms with Crippen molar-refractivity contribution in [1.29, 1.82) is 5.26 Å². The molecule has 0 aliphatic heterocycles. The minimum absolute atomic E-state index is 0.427. The van der Waals surface area contributed by atoms with E-state index in [1.54, 1.807) is 6.07 Å². The van der Waals surface area contributed by atoms with Gasteiger partial charge in [0.25, 0.3) is 0 Å². The fourth-order valence-corrected chi connectivity index (χ4v) is 2.90. The van der Waals surface area contributed by atoms with Crippen LogP contribution in [0.3, 0.4) is 0 Å². The fourth-order valence-electron chi connectivity index (χ4n) is 1.12. The second-order valence-corrected chi connectivity index (χ2v) is 6.45. The molecule has 0 heterocycles. The van der Waals surface area contributed by atoms with E-state index in [0.29, 0.717) is 6.07 Å². The molecule has 0 fully saturated rings. The van der Waals surface area contributed by atoms with Crippen molar-refractivity contribution >= 4 is 20.2 Å². The van der Waals surface area contributed by atoms with Crippen molar-refractivity contribution in [1.82, 2.24) is 4.72 Å². The number of benzene rings is 1. The maximum absolute atomic E-state index is 12.7. The van der Waals surface area contributed by atoms with E-state index in [4.69, 9.17) is 5.26 Å². The van der Waals surface area contributed by atoms with E-state index in [0.717, 1.165) is 18.2 Å². The molecular weight excluding hydrogens is 283 g/mol. The maximum atomic E-state index is 12.7. The molecule has 0 spiro atoms. The lowest BCUT2D eigenvalue weighted by Crippen LogP contribution is -2.31. The monoisotopic (exact) mass is 292 g/mol. The Labute approximate surface area is 104 Å². The van der Waals surface area contributed by atoms with Crippen LogP contribution in [0.1, 0.15) is 6.92 Å². The molecule has 0 radical (unpaired) electrons. The van der Waals surface area contributed by atoms with Crippen LogP contribution in [-0.2, 0) is 20.2 Å². The molecule has 1 N–H and O–H groups in total. The Kier molecular flexibility index (Phi) is 4.05. The third kappa shape index (κ3) is 3.49. The van der Waals surface area contributed by atoms with Gasteiger partial charge in [0.05, 0.1) is 15.9 Å². The van der Waals surface area contributed by atoms with Crippen LogP contribution >= 0.6 is 0 Å². The first kappa shape index (κ1) is 14.6. The quantitative estimate of drug-likeness (QED) is 0.815. The van der Waals surface area contributed by atoms with Crippen molar-refractivity contribution < 1.29 is 20.7 Å². The van der Waals surface area contributed by atoms with E-state index in [1.165, 1.54) is 6.92 Å². The summed E-state index contributed by atoms with van der Waals surface area (Å²) in [6.45, 7) is 1.31. The number of hydrogen-bond donors (Lipinski definition) is 1. The number of rotatable bonds is 4. The molecule has 0 aromatic heterocycles. The van der Waals surface area contributed by atoms with Gasteiger partial charge in [-0.2, -0.15) is 18.4 Å². The zero-order valence-corrected chi connectivity index (χ0v) is 10.8. The van der Waals surface area contributed by atoms with Crippen LogP contribution in [0, 0.1) is 11.3 Å². The predicted molar refractivity (Wildman–Crippen MR) is 60.1 cm³/mol. The number of hydrogen-bond acceptors (Lipinski definition) is 5. The van der Waals surface area contributed by atoms with E-state index in [9.17, 15) is 20.7 Å². The average molecular weight is 292 g/mol. The van der Waals surface area contributed by atoms with Gasteiger partial charge in [0.1, 0.15) is 6.04 Å². The van der Waals surface area contributed by atoms with E-state index in [1.807, 2.05) is 4.72 Å². The highest BCUT2D eigenvalue weighted by molar-refractivity contribution is 7.89. The summed E-state index contributed by atoms with van der Waals surface area (Å²) in [6.07, 6.45) is 0. The topological polar surface area (TPSA) is 104 Å². The lowest BCUT2D eigenvalue weighted by atomic mass is 10.4. The van der Waals surface area contributed by atoms with Crippen LogP contribution in [-0.4, -0.2) is 22.9 Å². The summed E-state index contributed by atoms with van der Waals surface area (Å²) in [4.78, 5) is -1.18. The summed E-state index contributed by atoms with van der Waals surface area (Å²) in [6, 6.07) is 4.48. The van der Waals surface area contributed by atoms with Crippen molar-refractivity contribution in [3.63, 3.8) is 0 Å². The molecule has 1 aromatic rings.